The number of hydrogen-bond acceptors (Lipinski definition) is 5. The van der Waals surface area contributed by atoms with Gasteiger partial charge in [-0.15, -0.1) is 0 Å². The lowest BCUT2D eigenvalue weighted by molar-refractivity contribution is -0.140. The van der Waals surface area contributed by atoms with Crippen molar-refractivity contribution in [2.75, 3.05) is 6.61 Å². The van der Waals surface area contributed by atoms with Crippen molar-refractivity contribution < 1.29 is 24.3 Å². The van der Waals surface area contributed by atoms with Gasteiger partial charge >= 0.3 is 12.1 Å². The first kappa shape index (κ1) is 14.5. The molecule has 0 radical (unpaired) electrons. The molecular formula is C10H13BrN2O5. The van der Waals surface area contributed by atoms with Crippen LogP contribution in [0.3, 0.4) is 0 Å². The van der Waals surface area contributed by atoms with Crippen LogP contribution in [0.2, 0.25) is 0 Å². The van der Waals surface area contributed by atoms with Crippen LogP contribution in [-0.4, -0.2) is 40.5 Å². The molecule has 8 heteroatoms. The van der Waals surface area contributed by atoms with Crippen LogP contribution in [0.1, 0.15) is 12.8 Å². The second kappa shape index (κ2) is 7.00. The zero-order chi connectivity index (χ0) is 13.5. The molecule has 0 fully saturated rings. The van der Waals surface area contributed by atoms with Crippen LogP contribution in [0, 0.1) is 0 Å². The lowest BCUT2D eigenvalue weighted by Gasteiger charge is -2.16. The van der Waals surface area contributed by atoms with Crippen molar-refractivity contribution in [3.8, 4) is 0 Å². The molecular weight excluding hydrogens is 308 g/mol. The lowest BCUT2D eigenvalue weighted by Crippen LogP contribution is -2.43. The van der Waals surface area contributed by atoms with Crippen LogP contribution in [0.25, 0.3) is 0 Å². The summed E-state index contributed by atoms with van der Waals surface area (Å²) in [7, 11) is 0. The van der Waals surface area contributed by atoms with Crippen molar-refractivity contribution >= 4 is 32.6 Å². The number of carbonyl (C=O) groups excluding carboxylic acids is 1. The molecule has 1 aliphatic heterocycles. The molecule has 7 nitrogen and oxygen atoms in total. The molecule has 0 aromatic carbocycles. The average molecular weight is 321 g/mol. The number of hydrogen-bond donors (Lipinski definition) is 2. The maximum absolute atomic E-state index is 11.2. The Balaban J connectivity index is 2.43. The van der Waals surface area contributed by atoms with E-state index in [1.54, 1.807) is 0 Å². The highest BCUT2D eigenvalue weighted by Crippen LogP contribution is 2.18. The molecule has 0 aliphatic carbocycles. The predicted molar refractivity (Wildman–Crippen MR) is 66.6 cm³/mol. The summed E-state index contributed by atoms with van der Waals surface area (Å²) in [6.45, 7) is 3.40. The molecule has 1 heterocycles. The number of alkyl carbamates (subject to hydrolysis) is 1. The van der Waals surface area contributed by atoms with Gasteiger partial charge in [0.1, 0.15) is 23.4 Å². The number of aliphatic carboxylic acids is 1. The second-order valence-electron chi connectivity index (χ2n) is 3.56. The molecule has 2 atom stereocenters. The number of rotatable bonds is 6. The van der Waals surface area contributed by atoms with Gasteiger partial charge in [-0.3, -0.25) is 0 Å². The van der Waals surface area contributed by atoms with Crippen LogP contribution in [0.15, 0.2) is 17.8 Å². The highest BCUT2D eigenvalue weighted by Gasteiger charge is 2.29. The largest absolute Gasteiger partial charge is 0.480 e. The molecule has 2 N–H and O–H groups in total. The van der Waals surface area contributed by atoms with Crippen molar-refractivity contribution in [3.63, 3.8) is 0 Å². The molecule has 1 aliphatic rings. The predicted octanol–water partition coefficient (Wildman–Crippen LogP) is 1.24. The van der Waals surface area contributed by atoms with E-state index in [1.807, 2.05) is 0 Å². The molecule has 1 amide bonds. The van der Waals surface area contributed by atoms with Gasteiger partial charge in [0.15, 0.2) is 0 Å². The Hall–Kier alpha value is -1.57. The molecule has 18 heavy (non-hydrogen) atoms. The van der Waals surface area contributed by atoms with Gasteiger partial charge in [-0.1, -0.05) is 17.8 Å². The van der Waals surface area contributed by atoms with Gasteiger partial charge in [-0.2, -0.15) is 0 Å². The molecule has 0 saturated carbocycles. The van der Waals surface area contributed by atoms with E-state index in [0.29, 0.717) is 11.0 Å². The van der Waals surface area contributed by atoms with Crippen LogP contribution in [0.5, 0.6) is 0 Å². The average Bonchev–Trinajstić information content (AvgIpc) is 2.71. The van der Waals surface area contributed by atoms with Crippen LogP contribution in [-0.2, 0) is 14.4 Å². The Labute approximate surface area is 112 Å². The van der Waals surface area contributed by atoms with Gasteiger partial charge in [-0.25, -0.2) is 9.59 Å². The highest BCUT2D eigenvalue weighted by atomic mass is 79.9. The van der Waals surface area contributed by atoms with E-state index in [4.69, 9.17) is 9.94 Å². The van der Waals surface area contributed by atoms with Gasteiger partial charge in [0.05, 0.1) is 0 Å². The van der Waals surface area contributed by atoms with E-state index >= 15 is 0 Å². The third kappa shape index (κ3) is 4.74. The van der Waals surface area contributed by atoms with Crippen molar-refractivity contribution in [2.45, 2.75) is 25.0 Å². The van der Waals surface area contributed by atoms with E-state index in [1.165, 1.54) is 6.08 Å². The molecule has 0 aromatic heterocycles. The van der Waals surface area contributed by atoms with E-state index in [-0.39, 0.29) is 19.1 Å². The van der Waals surface area contributed by atoms with E-state index in [9.17, 15) is 9.59 Å². The maximum atomic E-state index is 11.2. The van der Waals surface area contributed by atoms with Crippen LogP contribution in [0.4, 0.5) is 4.79 Å². The van der Waals surface area contributed by atoms with Crippen molar-refractivity contribution in [3.05, 3.63) is 12.7 Å². The number of carbonyl (C=O) groups is 2. The molecule has 0 saturated heterocycles. The normalized spacial score (nSPS) is 19.4. The first-order valence-corrected chi connectivity index (χ1v) is 5.97. The minimum absolute atomic E-state index is 0.0206. The summed E-state index contributed by atoms with van der Waals surface area (Å²) in [5.74, 6) is -1.16. The molecule has 0 unspecified atom stereocenters. The quantitative estimate of drug-likeness (QED) is 0.717. The minimum Gasteiger partial charge on any atom is -0.480 e. The van der Waals surface area contributed by atoms with Crippen molar-refractivity contribution in [1.82, 2.24) is 5.32 Å². The topological polar surface area (TPSA) is 97.2 Å². The lowest BCUT2D eigenvalue weighted by atomic mass is 10.1. The van der Waals surface area contributed by atoms with Crippen molar-refractivity contribution in [2.24, 2.45) is 5.16 Å². The minimum atomic E-state index is -1.16. The molecule has 100 valence electrons. The summed E-state index contributed by atoms with van der Waals surface area (Å²) in [5.41, 5.74) is 0. The zero-order valence-corrected chi connectivity index (χ0v) is 11.1. The fourth-order valence-electron chi connectivity index (χ4n) is 1.32. The third-order valence-corrected chi connectivity index (χ3v) is 2.59. The summed E-state index contributed by atoms with van der Waals surface area (Å²) in [4.78, 5) is 27.2. The standard InChI is InChI=1S/C10H13BrN2O5/c1-2-3-17-10(16)12-7(9(14)15)4-6-5-8(11)13-18-6/h2,6-7H,1,3-5H2,(H,12,16)(H,14,15)/t6-,7+/m1/s1. The summed E-state index contributed by atoms with van der Waals surface area (Å²) in [5, 5.41) is 14.9. The Morgan fingerprint density at radius 2 is 2.50 bits per heavy atom. The Morgan fingerprint density at radius 3 is 3.00 bits per heavy atom. The first-order valence-electron chi connectivity index (χ1n) is 5.18. The highest BCUT2D eigenvalue weighted by molar-refractivity contribution is 9.18. The van der Waals surface area contributed by atoms with Crippen molar-refractivity contribution in [1.29, 1.82) is 0 Å². The first-order chi connectivity index (χ1) is 8.52. The number of carboxylic acids is 1. The van der Waals surface area contributed by atoms with Gasteiger partial charge < -0.3 is 20.0 Å². The fraction of sp³-hybridized carbons (Fsp3) is 0.500. The monoisotopic (exact) mass is 320 g/mol. The van der Waals surface area contributed by atoms with Crippen LogP contribution >= 0.6 is 15.9 Å². The number of nitrogens with one attached hydrogen (secondary N) is 1. The van der Waals surface area contributed by atoms with Gasteiger partial charge in [0, 0.05) is 12.8 Å². The number of oxime groups is 1. The molecule has 0 bridgehead atoms. The Morgan fingerprint density at radius 1 is 1.78 bits per heavy atom. The third-order valence-electron chi connectivity index (χ3n) is 2.12. The number of nitrogens with zero attached hydrogens (tertiary/aromatic N) is 1. The van der Waals surface area contributed by atoms with E-state index in [0.717, 1.165) is 0 Å². The molecule has 0 aromatic rings. The SMILES string of the molecule is C=CCOC(=O)N[C@@H](C[C@@H]1CC(Br)=NO1)C(=O)O. The number of halogens is 1. The van der Waals surface area contributed by atoms with Gasteiger partial charge in [0.2, 0.25) is 0 Å². The number of carboxylic acid groups (broad SMARTS) is 1. The molecule has 1 rings (SSSR count). The number of amides is 1. The Kier molecular flexibility index (Phi) is 5.63. The summed E-state index contributed by atoms with van der Waals surface area (Å²) in [6, 6.07) is -1.08. The van der Waals surface area contributed by atoms with Gasteiger partial charge in [0.25, 0.3) is 0 Å². The Bertz CT molecular complexity index is 371. The van der Waals surface area contributed by atoms with Gasteiger partial charge in [-0.05, 0) is 15.9 Å². The maximum Gasteiger partial charge on any atom is 0.408 e. The fourth-order valence-corrected chi connectivity index (χ4v) is 1.77. The zero-order valence-electron chi connectivity index (χ0n) is 9.47. The second-order valence-corrected chi connectivity index (χ2v) is 4.47. The summed E-state index contributed by atoms with van der Waals surface area (Å²) < 4.78 is 5.26. The molecule has 0 spiro atoms. The number of ether oxygens (including phenoxy) is 1. The van der Waals surface area contributed by atoms with Crippen LogP contribution < -0.4 is 5.32 Å². The summed E-state index contributed by atoms with van der Waals surface area (Å²) >= 11 is 3.15. The summed E-state index contributed by atoms with van der Waals surface area (Å²) in [6.07, 6.45) is 0.797. The smallest absolute Gasteiger partial charge is 0.408 e. The van der Waals surface area contributed by atoms with E-state index < -0.39 is 18.1 Å². The van der Waals surface area contributed by atoms with E-state index in [2.05, 4.69) is 37.7 Å².